The number of carbonyl (C=O) groups is 1. The van der Waals surface area contributed by atoms with Crippen LogP contribution in [0.5, 0.6) is 0 Å². The number of amides is 1. The Labute approximate surface area is 178 Å². The van der Waals surface area contributed by atoms with Crippen molar-refractivity contribution in [2.45, 2.75) is 25.4 Å². The highest BCUT2D eigenvalue weighted by Crippen LogP contribution is 2.22. The second kappa shape index (κ2) is 9.13. The second-order valence-corrected chi connectivity index (χ2v) is 8.03. The smallest absolute Gasteiger partial charge is 0.251 e. The van der Waals surface area contributed by atoms with Gasteiger partial charge in [-0.15, -0.1) is 0 Å². The lowest BCUT2D eigenvalue weighted by Gasteiger charge is -2.25. The van der Waals surface area contributed by atoms with Gasteiger partial charge < -0.3 is 16.0 Å². The van der Waals surface area contributed by atoms with E-state index in [0.717, 1.165) is 30.8 Å². The number of rotatable bonds is 6. The number of nitrogens with one attached hydrogen (secondary N) is 1. The predicted molar refractivity (Wildman–Crippen MR) is 121 cm³/mol. The van der Waals surface area contributed by atoms with Gasteiger partial charge in [0.15, 0.2) is 0 Å². The molecule has 4 rings (SSSR count). The first-order valence-electron chi connectivity index (χ1n) is 10.5. The van der Waals surface area contributed by atoms with Crippen LogP contribution in [-0.2, 0) is 6.54 Å². The van der Waals surface area contributed by atoms with Crippen LogP contribution in [-0.4, -0.2) is 54.3 Å². The Hall–Kier alpha value is -3.12. The molecule has 1 amide bonds. The summed E-state index contributed by atoms with van der Waals surface area (Å²) in [5, 5.41) is 3.14. The average molecular weight is 404 g/mol. The fourth-order valence-corrected chi connectivity index (χ4v) is 4.19. The lowest BCUT2D eigenvalue weighted by atomic mass is 10.1. The molecule has 6 nitrogen and oxygen atoms in total. The number of likely N-dealkylation sites (tertiary alicyclic amines) is 1. The van der Waals surface area contributed by atoms with Gasteiger partial charge in [0, 0.05) is 37.3 Å². The average Bonchev–Trinajstić information content (AvgIpc) is 3.19. The van der Waals surface area contributed by atoms with Crippen LogP contribution in [0.1, 0.15) is 34.3 Å². The molecule has 2 aliphatic rings. The molecule has 30 heavy (non-hydrogen) atoms. The van der Waals surface area contributed by atoms with Crippen LogP contribution in [0.25, 0.3) is 5.70 Å². The molecule has 2 aromatic carbocycles. The molecule has 0 aromatic heterocycles. The highest BCUT2D eigenvalue weighted by molar-refractivity contribution is 5.95. The third-order valence-electron chi connectivity index (χ3n) is 5.81. The minimum atomic E-state index is -0.0366. The number of hydrogen-bond acceptors (Lipinski definition) is 5. The zero-order valence-electron chi connectivity index (χ0n) is 17.4. The summed E-state index contributed by atoms with van der Waals surface area (Å²) >= 11 is 0. The maximum absolute atomic E-state index is 12.8. The number of benzene rings is 2. The molecule has 0 radical (unpaired) electrons. The molecule has 1 saturated heterocycles. The summed E-state index contributed by atoms with van der Waals surface area (Å²) in [5.74, 6) is 0.553. The Kier molecular flexibility index (Phi) is 6.14. The molecule has 2 aromatic rings. The molecular weight excluding hydrogens is 374 g/mol. The zero-order chi connectivity index (χ0) is 20.9. The Balaban J connectivity index is 1.38. The van der Waals surface area contributed by atoms with Crippen molar-refractivity contribution in [3.05, 3.63) is 77.5 Å². The first-order chi connectivity index (χ1) is 14.6. The summed E-state index contributed by atoms with van der Waals surface area (Å²) in [4.78, 5) is 21.6. The van der Waals surface area contributed by atoms with Crippen LogP contribution in [0, 0.1) is 0 Å². The Bertz CT molecular complexity index is 953. The molecule has 6 heteroatoms. The van der Waals surface area contributed by atoms with Gasteiger partial charge in [0.1, 0.15) is 5.84 Å². The lowest BCUT2D eigenvalue weighted by molar-refractivity contribution is 0.0940. The van der Waals surface area contributed by atoms with E-state index in [2.05, 4.69) is 39.5 Å². The summed E-state index contributed by atoms with van der Waals surface area (Å²) in [5.41, 5.74) is 9.71. The van der Waals surface area contributed by atoms with E-state index in [0.29, 0.717) is 30.5 Å². The van der Waals surface area contributed by atoms with E-state index in [4.69, 9.17) is 5.73 Å². The largest absolute Gasteiger partial charge is 0.386 e. The molecule has 0 bridgehead atoms. The van der Waals surface area contributed by atoms with Gasteiger partial charge in [0.25, 0.3) is 5.91 Å². The van der Waals surface area contributed by atoms with E-state index >= 15 is 0 Å². The number of amidine groups is 1. The SMILES string of the molecule is CN1CC(N)=NC=C1c1cccc(C(=O)NCC2CCCN2Cc2ccccc2)c1. The Morgan fingerprint density at radius 2 is 2.03 bits per heavy atom. The van der Waals surface area contributed by atoms with Crippen LogP contribution in [0.2, 0.25) is 0 Å². The summed E-state index contributed by atoms with van der Waals surface area (Å²) in [6.45, 7) is 3.26. The fourth-order valence-electron chi connectivity index (χ4n) is 4.19. The predicted octanol–water partition coefficient (Wildman–Crippen LogP) is 2.68. The molecule has 2 aliphatic heterocycles. The van der Waals surface area contributed by atoms with E-state index in [1.54, 1.807) is 6.20 Å². The lowest BCUT2D eigenvalue weighted by Crippen LogP contribution is -2.39. The summed E-state index contributed by atoms with van der Waals surface area (Å²) in [6, 6.07) is 18.6. The van der Waals surface area contributed by atoms with E-state index in [1.165, 1.54) is 12.0 Å². The molecule has 1 fully saturated rings. The van der Waals surface area contributed by atoms with Crippen molar-refractivity contribution in [2.75, 3.05) is 26.7 Å². The van der Waals surface area contributed by atoms with Crippen LogP contribution >= 0.6 is 0 Å². The van der Waals surface area contributed by atoms with Gasteiger partial charge >= 0.3 is 0 Å². The summed E-state index contributed by atoms with van der Waals surface area (Å²) in [7, 11) is 1.97. The topological polar surface area (TPSA) is 74.0 Å². The van der Waals surface area contributed by atoms with Crippen molar-refractivity contribution in [1.29, 1.82) is 0 Å². The third kappa shape index (κ3) is 4.71. The minimum absolute atomic E-state index is 0.0366. The summed E-state index contributed by atoms with van der Waals surface area (Å²) < 4.78 is 0. The number of nitrogens with zero attached hydrogens (tertiary/aromatic N) is 3. The van der Waals surface area contributed by atoms with E-state index < -0.39 is 0 Å². The van der Waals surface area contributed by atoms with E-state index in [1.807, 2.05) is 42.3 Å². The van der Waals surface area contributed by atoms with Crippen LogP contribution in [0.3, 0.4) is 0 Å². The van der Waals surface area contributed by atoms with Gasteiger partial charge in [-0.2, -0.15) is 0 Å². The normalized spacial score (nSPS) is 19.4. The highest BCUT2D eigenvalue weighted by atomic mass is 16.1. The minimum Gasteiger partial charge on any atom is -0.386 e. The van der Waals surface area contributed by atoms with Crippen molar-refractivity contribution in [3.63, 3.8) is 0 Å². The van der Waals surface area contributed by atoms with E-state index in [9.17, 15) is 4.79 Å². The first-order valence-corrected chi connectivity index (χ1v) is 10.5. The molecule has 1 unspecified atom stereocenters. The maximum atomic E-state index is 12.8. The quantitative estimate of drug-likeness (QED) is 0.778. The molecule has 2 heterocycles. The van der Waals surface area contributed by atoms with Crippen LogP contribution < -0.4 is 11.1 Å². The number of likely N-dealkylation sites (N-methyl/N-ethyl adjacent to an activating group) is 1. The molecule has 0 aliphatic carbocycles. The van der Waals surface area contributed by atoms with Gasteiger partial charge in [0.05, 0.1) is 18.4 Å². The third-order valence-corrected chi connectivity index (χ3v) is 5.81. The molecular formula is C24H29N5O. The molecule has 0 saturated carbocycles. The number of hydrogen-bond donors (Lipinski definition) is 2. The maximum Gasteiger partial charge on any atom is 0.251 e. The highest BCUT2D eigenvalue weighted by Gasteiger charge is 2.25. The van der Waals surface area contributed by atoms with Gasteiger partial charge in [-0.1, -0.05) is 42.5 Å². The first kappa shape index (κ1) is 20.2. The van der Waals surface area contributed by atoms with Crippen molar-refractivity contribution in [2.24, 2.45) is 10.7 Å². The van der Waals surface area contributed by atoms with E-state index in [-0.39, 0.29) is 5.91 Å². The molecule has 0 spiro atoms. The Morgan fingerprint density at radius 1 is 1.20 bits per heavy atom. The standard InChI is InChI=1S/C24H29N5O/c1-28-17-23(25)26-15-22(28)19-9-5-10-20(13-19)24(30)27-14-21-11-6-12-29(21)16-18-7-3-2-4-8-18/h2-5,7-10,13,15,21H,6,11-12,14,16-17H2,1H3,(H2,25,26)(H,27,30). The van der Waals surface area contributed by atoms with Crippen molar-refractivity contribution >= 4 is 17.4 Å². The van der Waals surface area contributed by atoms with Crippen LogP contribution in [0.15, 0.2) is 65.8 Å². The number of aliphatic imine (C=N–C) groups is 1. The zero-order valence-corrected chi connectivity index (χ0v) is 17.4. The van der Waals surface area contributed by atoms with Crippen molar-refractivity contribution in [1.82, 2.24) is 15.1 Å². The van der Waals surface area contributed by atoms with Crippen LogP contribution in [0.4, 0.5) is 0 Å². The van der Waals surface area contributed by atoms with Gasteiger partial charge in [0.2, 0.25) is 0 Å². The van der Waals surface area contributed by atoms with Crippen molar-refractivity contribution < 1.29 is 4.79 Å². The van der Waals surface area contributed by atoms with Gasteiger partial charge in [-0.25, -0.2) is 4.99 Å². The summed E-state index contributed by atoms with van der Waals surface area (Å²) in [6.07, 6.45) is 4.05. The fraction of sp³-hybridized carbons (Fsp3) is 0.333. The Morgan fingerprint density at radius 3 is 2.83 bits per heavy atom. The number of nitrogens with two attached hydrogens (primary N) is 1. The van der Waals surface area contributed by atoms with Gasteiger partial charge in [-0.05, 0) is 37.1 Å². The molecule has 1 atom stereocenters. The number of carbonyl (C=O) groups excluding carboxylic acids is 1. The van der Waals surface area contributed by atoms with Gasteiger partial charge in [-0.3, -0.25) is 9.69 Å². The molecule has 3 N–H and O–H groups in total. The molecule has 156 valence electrons. The second-order valence-electron chi connectivity index (χ2n) is 8.03. The van der Waals surface area contributed by atoms with Crippen molar-refractivity contribution in [3.8, 4) is 0 Å². The monoisotopic (exact) mass is 403 g/mol.